The summed E-state index contributed by atoms with van der Waals surface area (Å²) in [5, 5.41) is 5.87. The van der Waals surface area contributed by atoms with Crippen LogP contribution in [0.4, 0.5) is 16.2 Å². The Kier molecular flexibility index (Phi) is 4.89. The summed E-state index contributed by atoms with van der Waals surface area (Å²) in [7, 11) is 0. The van der Waals surface area contributed by atoms with E-state index in [0.29, 0.717) is 6.54 Å². The van der Waals surface area contributed by atoms with Crippen LogP contribution in [0.5, 0.6) is 0 Å². The molecule has 0 unspecified atom stereocenters. The van der Waals surface area contributed by atoms with Gasteiger partial charge in [-0.3, -0.25) is 0 Å². The van der Waals surface area contributed by atoms with E-state index in [1.807, 2.05) is 0 Å². The molecule has 29 heavy (non-hydrogen) atoms. The van der Waals surface area contributed by atoms with Gasteiger partial charge in [0.25, 0.3) is 0 Å². The van der Waals surface area contributed by atoms with E-state index in [4.69, 9.17) is 0 Å². The number of hydrogen-bond donors (Lipinski definition) is 2. The molecule has 0 spiro atoms. The van der Waals surface area contributed by atoms with Crippen molar-refractivity contribution in [2.45, 2.75) is 44.4 Å². The fourth-order valence-corrected chi connectivity index (χ4v) is 4.81. The van der Waals surface area contributed by atoms with Crippen LogP contribution in [0.2, 0.25) is 0 Å². The zero-order valence-electron chi connectivity index (χ0n) is 17.7. The van der Waals surface area contributed by atoms with Crippen molar-refractivity contribution < 1.29 is 4.79 Å². The van der Waals surface area contributed by atoms with Gasteiger partial charge >= 0.3 is 6.03 Å². The van der Waals surface area contributed by atoms with Gasteiger partial charge in [0.05, 0.1) is 0 Å². The van der Waals surface area contributed by atoms with E-state index in [1.54, 1.807) is 6.08 Å². The topological polar surface area (TPSA) is 44.4 Å². The first kappa shape index (κ1) is 19.6. The van der Waals surface area contributed by atoms with E-state index in [2.05, 4.69) is 85.3 Å². The van der Waals surface area contributed by atoms with E-state index in [0.717, 1.165) is 31.6 Å². The molecule has 0 radical (unpaired) electrons. The third-order valence-corrected chi connectivity index (χ3v) is 6.71. The second kappa shape index (κ2) is 7.25. The summed E-state index contributed by atoms with van der Waals surface area (Å²) in [5.41, 5.74) is 6.21. The fourth-order valence-electron chi connectivity index (χ4n) is 4.81. The number of nitrogens with zero attached hydrogens (tertiary/aromatic N) is 1. The summed E-state index contributed by atoms with van der Waals surface area (Å²) in [6, 6.07) is 14.9. The first-order valence-corrected chi connectivity index (χ1v) is 10.5. The highest BCUT2D eigenvalue weighted by atomic mass is 16.2. The number of carbonyl (C=O) groups is 1. The predicted octanol–water partition coefficient (Wildman–Crippen LogP) is 5.19. The van der Waals surface area contributed by atoms with E-state index >= 15 is 0 Å². The molecule has 2 aliphatic rings. The van der Waals surface area contributed by atoms with Crippen LogP contribution in [0.25, 0.3) is 0 Å². The molecule has 152 valence electrons. The Labute approximate surface area is 174 Å². The molecule has 4 rings (SSSR count). The molecular weight excluding hydrogens is 358 g/mol. The lowest BCUT2D eigenvalue weighted by atomic mass is 9.66. The van der Waals surface area contributed by atoms with Gasteiger partial charge in [-0.25, -0.2) is 4.79 Å². The van der Waals surface area contributed by atoms with Crippen molar-refractivity contribution >= 4 is 17.4 Å². The van der Waals surface area contributed by atoms with E-state index in [1.165, 1.54) is 22.4 Å². The van der Waals surface area contributed by atoms with Gasteiger partial charge < -0.3 is 15.5 Å². The number of amides is 2. The van der Waals surface area contributed by atoms with Crippen LogP contribution >= 0.6 is 0 Å². The van der Waals surface area contributed by atoms with Crippen LogP contribution in [-0.2, 0) is 10.8 Å². The van der Waals surface area contributed by atoms with Gasteiger partial charge in [-0.15, -0.1) is 6.58 Å². The molecule has 0 saturated carbocycles. The van der Waals surface area contributed by atoms with Crippen LogP contribution in [0, 0.1) is 0 Å². The number of benzene rings is 2. The molecule has 0 aliphatic carbocycles. The van der Waals surface area contributed by atoms with Crippen molar-refractivity contribution in [1.82, 2.24) is 5.32 Å². The molecule has 0 bridgehead atoms. The van der Waals surface area contributed by atoms with Crippen molar-refractivity contribution in [1.29, 1.82) is 0 Å². The molecule has 2 aromatic carbocycles. The van der Waals surface area contributed by atoms with E-state index < -0.39 is 0 Å². The maximum atomic E-state index is 12.3. The standard InChI is InChI=1S/C25H31N3O/c1-5-13-26-23(29)27-19-16-20-22-21(17-19)25(4,18-9-7-6-8-10-18)12-15-28(22)14-11-24(20,2)3/h5-10,16-17H,1,11-15H2,2-4H3,(H2,26,27,29)/t25-/m0/s1. The number of rotatable bonds is 4. The van der Waals surface area contributed by atoms with Gasteiger partial charge in [-0.05, 0) is 47.1 Å². The Morgan fingerprint density at radius 3 is 2.52 bits per heavy atom. The van der Waals surface area contributed by atoms with Crippen LogP contribution in [0.1, 0.15) is 50.3 Å². The minimum atomic E-state index is -0.195. The highest BCUT2D eigenvalue weighted by molar-refractivity contribution is 5.90. The summed E-state index contributed by atoms with van der Waals surface area (Å²) in [6.07, 6.45) is 3.87. The summed E-state index contributed by atoms with van der Waals surface area (Å²) < 4.78 is 0. The Hall–Kier alpha value is -2.75. The molecule has 4 nitrogen and oxygen atoms in total. The lowest BCUT2D eigenvalue weighted by molar-refractivity contribution is 0.253. The lowest BCUT2D eigenvalue weighted by Gasteiger charge is -2.49. The van der Waals surface area contributed by atoms with Crippen LogP contribution < -0.4 is 15.5 Å². The average molecular weight is 390 g/mol. The summed E-state index contributed by atoms with van der Waals surface area (Å²) in [4.78, 5) is 14.9. The quantitative estimate of drug-likeness (QED) is 0.707. The minimum Gasteiger partial charge on any atom is -0.371 e. The van der Waals surface area contributed by atoms with Gasteiger partial charge in [0.15, 0.2) is 0 Å². The summed E-state index contributed by atoms with van der Waals surface area (Å²) in [6.45, 7) is 13.2. The molecule has 2 aliphatic heterocycles. The minimum absolute atomic E-state index is 0.0742. The number of carbonyl (C=O) groups excluding carboxylic acids is 1. The van der Waals surface area contributed by atoms with Crippen molar-refractivity contribution in [3.63, 3.8) is 0 Å². The molecular formula is C25H31N3O. The lowest BCUT2D eigenvalue weighted by Crippen LogP contribution is -2.46. The highest BCUT2D eigenvalue weighted by Gasteiger charge is 2.42. The van der Waals surface area contributed by atoms with E-state index in [9.17, 15) is 4.79 Å². The molecule has 0 aromatic heterocycles. The van der Waals surface area contributed by atoms with Crippen molar-refractivity contribution in [3.05, 3.63) is 71.8 Å². The first-order chi connectivity index (χ1) is 13.8. The predicted molar refractivity (Wildman–Crippen MR) is 121 cm³/mol. The van der Waals surface area contributed by atoms with Gasteiger partial charge in [-0.1, -0.05) is 57.2 Å². The summed E-state index contributed by atoms with van der Waals surface area (Å²) >= 11 is 0. The molecule has 2 amide bonds. The molecule has 2 heterocycles. The first-order valence-electron chi connectivity index (χ1n) is 10.5. The average Bonchev–Trinajstić information content (AvgIpc) is 2.71. The molecule has 2 aromatic rings. The second-order valence-electron chi connectivity index (χ2n) is 9.11. The van der Waals surface area contributed by atoms with Gasteiger partial charge in [0.1, 0.15) is 0 Å². The third-order valence-electron chi connectivity index (χ3n) is 6.71. The van der Waals surface area contributed by atoms with Gasteiger partial charge in [-0.2, -0.15) is 0 Å². The fraction of sp³-hybridized carbons (Fsp3) is 0.400. The maximum Gasteiger partial charge on any atom is 0.319 e. The molecule has 4 heteroatoms. The van der Waals surface area contributed by atoms with Crippen molar-refractivity contribution in [2.24, 2.45) is 0 Å². The largest absolute Gasteiger partial charge is 0.371 e. The number of hydrogen-bond acceptors (Lipinski definition) is 2. The zero-order chi connectivity index (χ0) is 20.6. The summed E-state index contributed by atoms with van der Waals surface area (Å²) in [5.74, 6) is 0. The van der Waals surface area contributed by atoms with Crippen LogP contribution in [0.15, 0.2) is 55.1 Å². The maximum absolute atomic E-state index is 12.3. The van der Waals surface area contributed by atoms with Gasteiger partial charge in [0, 0.05) is 36.4 Å². The Balaban J connectivity index is 1.86. The Morgan fingerprint density at radius 1 is 1.10 bits per heavy atom. The van der Waals surface area contributed by atoms with Crippen molar-refractivity contribution in [3.8, 4) is 0 Å². The third kappa shape index (κ3) is 3.41. The number of urea groups is 1. The normalized spacial score (nSPS) is 21.8. The number of anilines is 2. The second-order valence-corrected chi connectivity index (χ2v) is 9.11. The van der Waals surface area contributed by atoms with Gasteiger partial charge in [0.2, 0.25) is 0 Å². The highest BCUT2D eigenvalue weighted by Crippen LogP contribution is 2.52. The molecule has 2 N–H and O–H groups in total. The zero-order valence-corrected chi connectivity index (χ0v) is 17.7. The molecule has 0 fully saturated rings. The smallest absolute Gasteiger partial charge is 0.319 e. The van der Waals surface area contributed by atoms with Crippen LogP contribution in [-0.4, -0.2) is 25.7 Å². The number of nitrogens with one attached hydrogen (secondary N) is 2. The monoisotopic (exact) mass is 389 g/mol. The Bertz CT molecular complexity index is 935. The van der Waals surface area contributed by atoms with Crippen LogP contribution in [0.3, 0.4) is 0 Å². The SMILES string of the molecule is C=CCNC(=O)Nc1cc2c3c(c1)[C@](C)(c1ccccc1)CCN3CCC2(C)C. The molecule has 0 saturated heterocycles. The van der Waals surface area contributed by atoms with E-state index in [-0.39, 0.29) is 16.9 Å². The van der Waals surface area contributed by atoms with Crippen molar-refractivity contribution in [2.75, 3.05) is 29.9 Å². The molecule has 1 atom stereocenters. The Morgan fingerprint density at radius 2 is 1.79 bits per heavy atom.